The van der Waals surface area contributed by atoms with E-state index in [0.717, 1.165) is 0 Å². The molecule has 0 spiro atoms. The standard InChI is InChI=1S/C16H19N3O4/c1-2-23-15(21)8-7-14(20)19-13(16(18)22)9-11-5-3-4-6-12(11)10-17/h3-6,13H,2,7-9H2,1H3,(H2,18,22)(H,19,20)/t13-/m1/s1. The van der Waals surface area contributed by atoms with Gasteiger partial charge in [-0.1, -0.05) is 18.2 Å². The smallest absolute Gasteiger partial charge is 0.306 e. The van der Waals surface area contributed by atoms with Crippen LogP contribution in [0, 0.1) is 11.3 Å². The summed E-state index contributed by atoms with van der Waals surface area (Å²) in [5.41, 5.74) is 6.33. The number of rotatable bonds is 8. The van der Waals surface area contributed by atoms with Gasteiger partial charge in [-0.25, -0.2) is 0 Å². The molecule has 0 aliphatic carbocycles. The molecule has 0 aliphatic rings. The van der Waals surface area contributed by atoms with Crippen molar-refractivity contribution in [2.75, 3.05) is 6.61 Å². The van der Waals surface area contributed by atoms with E-state index in [4.69, 9.17) is 15.7 Å². The molecule has 0 bridgehead atoms. The molecule has 1 aromatic rings. The number of benzene rings is 1. The first kappa shape index (κ1) is 18.2. The van der Waals surface area contributed by atoms with E-state index in [1.165, 1.54) is 0 Å². The van der Waals surface area contributed by atoms with Gasteiger partial charge in [-0.3, -0.25) is 14.4 Å². The topological polar surface area (TPSA) is 122 Å². The van der Waals surface area contributed by atoms with Crippen molar-refractivity contribution in [1.29, 1.82) is 5.26 Å². The van der Waals surface area contributed by atoms with E-state index >= 15 is 0 Å². The molecule has 0 saturated heterocycles. The van der Waals surface area contributed by atoms with E-state index in [0.29, 0.717) is 11.1 Å². The highest BCUT2D eigenvalue weighted by molar-refractivity contribution is 5.88. The van der Waals surface area contributed by atoms with Crippen LogP contribution >= 0.6 is 0 Å². The summed E-state index contributed by atoms with van der Waals surface area (Å²) >= 11 is 0. The first-order valence-electron chi connectivity index (χ1n) is 7.20. The molecule has 0 fully saturated rings. The van der Waals surface area contributed by atoms with Gasteiger partial charge in [0.2, 0.25) is 11.8 Å². The highest BCUT2D eigenvalue weighted by atomic mass is 16.5. The Morgan fingerprint density at radius 3 is 2.61 bits per heavy atom. The van der Waals surface area contributed by atoms with Crippen LogP contribution in [0.25, 0.3) is 0 Å². The molecule has 0 unspecified atom stereocenters. The third-order valence-corrected chi connectivity index (χ3v) is 3.10. The van der Waals surface area contributed by atoms with Crippen molar-refractivity contribution < 1.29 is 19.1 Å². The lowest BCUT2D eigenvalue weighted by Crippen LogP contribution is -2.46. The predicted octanol–water partition coefficient (Wildman–Crippen LogP) is 0.414. The summed E-state index contributed by atoms with van der Waals surface area (Å²) < 4.78 is 4.72. The van der Waals surface area contributed by atoms with Crippen molar-refractivity contribution in [3.05, 3.63) is 35.4 Å². The Morgan fingerprint density at radius 1 is 1.30 bits per heavy atom. The summed E-state index contributed by atoms with van der Waals surface area (Å²) in [6.45, 7) is 1.92. The fraction of sp³-hybridized carbons (Fsp3) is 0.375. The normalized spacial score (nSPS) is 11.1. The fourth-order valence-electron chi connectivity index (χ4n) is 1.97. The van der Waals surface area contributed by atoms with Gasteiger partial charge in [0.1, 0.15) is 6.04 Å². The lowest BCUT2D eigenvalue weighted by Gasteiger charge is -2.16. The highest BCUT2D eigenvalue weighted by Crippen LogP contribution is 2.10. The van der Waals surface area contributed by atoms with E-state index in [2.05, 4.69) is 5.32 Å². The molecular formula is C16H19N3O4. The highest BCUT2D eigenvalue weighted by Gasteiger charge is 2.20. The summed E-state index contributed by atoms with van der Waals surface area (Å²) in [7, 11) is 0. The third-order valence-electron chi connectivity index (χ3n) is 3.10. The lowest BCUT2D eigenvalue weighted by molar-refractivity contribution is -0.144. The predicted molar refractivity (Wildman–Crippen MR) is 81.9 cm³/mol. The number of esters is 1. The number of hydrogen-bond donors (Lipinski definition) is 2. The monoisotopic (exact) mass is 317 g/mol. The van der Waals surface area contributed by atoms with Crippen LogP contribution in [0.3, 0.4) is 0 Å². The molecule has 23 heavy (non-hydrogen) atoms. The molecule has 3 N–H and O–H groups in total. The Labute approximate surface area is 134 Å². The van der Waals surface area contributed by atoms with Gasteiger partial charge in [-0.05, 0) is 18.6 Å². The Bertz CT molecular complexity index is 622. The van der Waals surface area contributed by atoms with Crippen LogP contribution in [0.2, 0.25) is 0 Å². The number of nitrogens with two attached hydrogens (primary N) is 1. The zero-order valence-electron chi connectivity index (χ0n) is 12.9. The summed E-state index contributed by atoms with van der Waals surface area (Å²) in [5, 5.41) is 11.5. The maximum absolute atomic E-state index is 11.8. The van der Waals surface area contributed by atoms with E-state index < -0.39 is 23.8 Å². The third kappa shape index (κ3) is 6.18. The number of carbonyl (C=O) groups is 3. The number of amides is 2. The minimum Gasteiger partial charge on any atom is -0.466 e. The van der Waals surface area contributed by atoms with Gasteiger partial charge in [0, 0.05) is 12.8 Å². The Morgan fingerprint density at radius 2 is 2.00 bits per heavy atom. The quantitative estimate of drug-likeness (QED) is 0.672. The second kappa shape index (κ2) is 9.20. The van der Waals surface area contributed by atoms with Crippen molar-refractivity contribution in [2.45, 2.75) is 32.2 Å². The number of nitrogens with one attached hydrogen (secondary N) is 1. The maximum atomic E-state index is 11.8. The van der Waals surface area contributed by atoms with Crippen LogP contribution in [-0.2, 0) is 25.5 Å². The van der Waals surface area contributed by atoms with Gasteiger partial charge < -0.3 is 15.8 Å². The van der Waals surface area contributed by atoms with Crippen molar-refractivity contribution in [2.24, 2.45) is 5.73 Å². The summed E-state index contributed by atoms with van der Waals surface area (Å²) in [6, 6.07) is 7.83. The van der Waals surface area contributed by atoms with Gasteiger partial charge in [0.15, 0.2) is 0 Å². The second-order valence-corrected chi connectivity index (χ2v) is 4.80. The number of nitrogens with zero attached hydrogens (tertiary/aromatic N) is 1. The molecule has 2 amide bonds. The SMILES string of the molecule is CCOC(=O)CCC(=O)N[C@H](Cc1ccccc1C#N)C(N)=O. The molecule has 1 rings (SSSR count). The average molecular weight is 317 g/mol. The van der Waals surface area contributed by atoms with E-state index in [-0.39, 0.29) is 25.9 Å². The van der Waals surface area contributed by atoms with Crippen LogP contribution in [0.15, 0.2) is 24.3 Å². The Hall–Kier alpha value is -2.88. The van der Waals surface area contributed by atoms with Crippen LogP contribution in [0.4, 0.5) is 0 Å². The fourth-order valence-corrected chi connectivity index (χ4v) is 1.97. The molecule has 0 radical (unpaired) electrons. The van der Waals surface area contributed by atoms with Gasteiger partial charge in [-0.15, -0.1) is 0 Å². The lowest BCUT2D eigenvalue weighted by atomic mass is 10.0. The average Bonchev–Trinajstić information content (AvgIpc) is 2.53. The first-order valence-corrected chi connectivity index (χ1v) is 7.20. The summed E-state index contributed by atoms with van der Waals surface area (Å²) in [5.74, 6) is -1.66. The van der Waals surface area contributed by atoms with Crippen molar-refractivity contribution in [3.8, 4) is 6.07 Å². The molecule has 0 heterocycles. The molecule has 0 saturated carbocycles. The van der Waals surface area contributed by atoms with Crippen LogP contribution in [0.5, 0.6) is 0 Å². The molecule has 1 atom stereocenters. The van der Waals surface area contributed by atoms with Crippen LogP contribution < -0.4 is 11.1 Å². The van der Waals surface area contributed by atoms with E-state index in [1.807, 2.05) is 6.07 Å². The molecule has 1 aromatic carbocycles. The summed E-state index contributed by atoms with van der Waals surface area (Å²) in [6.07, 6.45) is -0.0489. The van der Waals surface area contributed by atoms with Crippen molar-refractivity contribution >= 4 is 17.8 Å². The van der Waals surface area contributed by atoms with Crippen molar-refractivity contribution in [3.63, 3.8) is 0 Å². The zero-order chi connectivity index (χ0) is 17.2. The minimum absolute atomic E-state index is 0.0695. The number of primary amides is 1. The van der Waals surface area contributed by atoms with Crippen molar-refractivity contribution in [1.82, 2.24) is 5.32 Å². The largest absolute Gasteiger partial charge is 0.466 e. The Balaban J connectivity index is 2.65. The molecule has 122 valence electrons. The van der Waals surface area contributed by atoms with Gasteiger partial charge in [0.25, 0.3) is 0 Å². The van der Waals surface area contributed by atoms with E-state index in [1.54, 1.807) is 31.2 Å². The van der Waals surface area contributed by atoms with Crippen LogP contribution in [-0.4, -0.2) is 30.4 Å². The van der Waals surface area contributed by atoms with Gasteiger partial charge >= 0.3 is 5.97 Å². The first-order chi connectivity index (χ1) is 11.0. The number of hydrogen-bond acceptors (Lipinski definition) is 5. The minimum atomic E-state index is -0.945. The molecular weight excluding hydrogens is 298 g/mol. The van der Waals surface area contributed by atoms with Crippen LogP contribution in [0.1, 0.15) is 30.9 Å². The number of nitriles is 1. The Kier molecular flexibility index (Phi) is 7.27. The molecule has 7 nitrogen and oxygen atoms in total. The molecule has 0 aromatic heterocycles. The maximum Gasteiger partial charge on any atom is 0.306 e. The molecule has 0 aliphatic heterocycles. The summed E-state index contributed by atoms with van der Waals surface area (Å²) in [4.78, 5) is 34.5. The zero-order valence-corrected chi connectivity index (χ0v) is 12.9. The molecule has 7 heteroatoms. The number of carbonyl (C=O) groups excluding carboxylic acids is 3. The van der Waals surface area contributed by atoms with Gasteiger partial charge in [0.05, 0.1) is 24.7 Å². The number of ether oxygens (including phenoxy) is 1. The second-order valence-electron chi connectivity index (χ2n) is 4.80. The van der Waals surface area contributed by atoms with E-state index in [9.17, 15) is 14.4 Å². The van der Waals surface area contributed by atoms with Gasteiger partial charge in [-0.2, -0.15) is 5.26 Å².